The van der Waals surface area contributed by atoms with E-state index in [9.17, 15) is 4.91 Å². The molecule has 0 spiro atoms. The highest BCUT2D eigenvalue weighted by Crippen LogP contribution is 1.87. The highest BCUT2D eigenvalue weighted by Gasteiger charge is 2.07. The lowest BCUT2D eigenvalue weighted by molar-refractivity contribution is 0.166. The fourth-order valence-electron chi connectivity index (χ4n) is 0.239. The second-order valence-corrected chi connectivity index (χ2v) is 1.72. The van der Waals surface area contributed by atoms with Crippen molar-refractivity contribution in [1.29, 1.82) is 0 Å². The maximum Gasteiger partial charge on any atom is 0.0987 e. The molecule has 0 rings (SSSR count). The van der Waals surface area contributed by atoms with Crippen molar-refractivity contribution in [2.45, 2.75) is 19.1 Å². The molecule has 0 amide bonds. The summed E-state index contributed by atoms with van der Waals surface area (Å²) in [7, 11) is 0. The Balaban J connectivity index is 3.30. The predicted molar refractivity (Wildman–Crippen MR) is 30.3 cm³/mol. The van der Waals surface area contributed by atoms with E-state index in [1.54, 1.807) is 0 Å². The van der Waals surface area contributed by atoms with Crippen molar-refractivity contribution in [2.24, 2.45) is 10.9 Å². The van der Waals surface area contributed by atoms with E-state index in [0.717, 1.165) is 0 Å². The van der Waals surface area contributed by atoms with Gasteiger partial charge in [-0.3, -0.25) is 0 Å². The summed E-state index contributed by atoms with van der Waals surface area (Å²) in [4.78, 5) is 9.48. The summed E-state index contributed by atoms with van der Waals surface area (Å²) in [5.74, 6) is 0. The molecular formula is C4H10N2O2. The Labute approximate surface area is 47.7 Å². The molecule has 3 N–H and O–H groups in total. The van der Waals surface area contributed by atoms with Crippen LogP contribution in [0.1, 0.15) is 6.92 Å². The van der Waals surface area contributed by atoms with Crippen LogP contribution in [0.25, 0.3) is 0 Å². The first-order valence-corrected chi connectivity index (χ1v) is 2.41. The molecule has 0 aromatic carbocycles. The highest BCUT2D eigenvalue weighted by molar-refractivity contribution is 4.68. The molecule has 0 aliphatic rings. The summed E-state index contributed by atoms with van der Waals surface area (Å²) in [6.45, 7) is 1.51. The van der Waals surface area contributed by atoms with Gasteiger partial charge in [-0.1, -0.05) is 5.18 Å². The summed E-state index contributed by atoms with van der Waals surface area (Å²) in [5.41, 5.74) is 5.18. The molecule has 4 nitrogen and oxygen atoms in total. The third kappa shape index (κ3) is 2.65. The van der Waals surface area contributed by atoms with Gasteiger partial charge in [-0.15, -0.1) is 0 Å². The van der Waals surface area contributed by atoms with Gasteiger partial charge in [-0.05, 0) is 6.92 Å². The molecule has 0 fully saturated rings. The number of hydrogen-bond donors (Lipinski definition) is 2. The fourth-order valence-corrected chi connectivity index (χ4v) is 0.239. The first kappa shape index (κ1) is 7.52. The summed E-state index contributed by atoms with van der Waals surface area (Å²) >= 11 is 0. The van der Waals surface area contributed by atoms with E-state index < -0.39 is 12.1 Å². The van der Waals surface area contributed by atoms with Crippen LogP contribution in [0.3, 0.4) is 0 Å². The maximum absolute atomic E-state index is 9.48. The van der Waals surface area contributed by atoms with Crippen LogP contribution in [0.4, 0.5) is 0 Å². The van der Waals surface area contributed by atoms with E-state index >= 15 is 0 Å². The zero-order valence-electron chi connectivity index (χ0n) is 4.74. The van der Waals surface area contributed by atoms with Crippen molar-refractivity contribution >= 4 is 0 Å². The van der Waals surface area contributed by atoms with Crippen LogP contribution in [0.2, 0.25) is 0 Å². The molecule has 0 aromatic heterocycles. The number of aliphatic hydroxyl groups is 1. The van der Waals surface area contributed by atoms with Gasteiger partial charge in [0.2, 0.25) is 0 Å². The van der Waals surface area contributed by atoms with Gasteiger partial charge in [0.05, 0.1) is 18.7 Å². The molecule has 0 aliphatic carbocycles. The van der Waals surface area contributed by atoms with Crippen LogP contribution in [-0.4, -0.2) is 23.8 Å². The molecule has 48 valence electrons. The van der Waals surface area contributed by atoms with Crippen LogP contribution in [0.5, 0.6) is 0 Å². The predicted octanol–water partition coefficient (Wildman–Crippen LogP) is -0.539. The smallest absolute Gasteiger partial charge is 0.0987 e. The summed E-state index contributed by atoms with van der Waals surface area (Å²) in [6, 6.07) is -0.507. The van der Waals surface area contributed by atoms with Gasteiger partial charge in [-0.2, -0.15) is 4.91 Å². The molecular weight excluding hydrogens is 108 g/mol. The maximum atomic E-state index is 9.48. The average molecular weight is 118 g/mol. The Morgan fingerprint density at radius 1 is 1.88 bits per heavy atom. The number of hydrogen-bond acceptors (Lipinski definition) is 4. The van der Waals surface area contributed by atoms with Crippen LogP contribution in [0, 0.1) is 4.91 Å². The van der Waals surface area contributed by atoms with Crippen molar-refractivity contribution in [3.63, 3.8) is 0 Å². The third-order valence-corrected chi connectivity index (χ3v) is 0.905. The minimum atomic E-state index is -0.646. The Bertz CT molecular complexity index is 74.4. The minimum absolute atomic E-state index is 0.0162. The lowest BCUT2D eigenvalue weighted by Gasteiger charge is -2.08. The van der Waals surface area contributed by atoms with E-state index in [2.05, 4.69) is 5.18 Å². The third-order valence-electron chi connectivity index (χ3n) is 0.905. The number of nitroso groups, excluding NO2 is 1. The normalized spacial score (nSPS) is 17.4. The number of rotatable bonds is 3. The molecule has 2 unspecified atom stereocenters. The molecule has 0 saturated heterocycles. The van der Waals surface area contributed by atoms with Crippen LogP contribution >= 0.6 is 0 Å². The van der Waals surface area contributed by atoms with Crippen molar-refractivity contribution < 1.29 is 5.11 Å². The van der Waals surface area contributed by atoms with Gasteiger partial charge < -0.3 is 10.8 Å². The first-order chi connectivity index (χ1) is 3.68. The summed E-state index contributed by atoms with van der Waals surface area (Å²) < 4.78 is 0. The largest absolute Gasteiger partial charge is 0.392 e. The van der Waals surface area contributed by atoms with Gasteiger partial charge in [0.1, 0.15) is 0 Å². The molecule has 4 heteroatoms. The minimum Gasteiger partial charge on any atom is -0.392 e. The van der Waals surface area contributed by atoms with E-state index in [-0.39, 0.29) is 6.54 Å². The molecule has 2 atom stereocenters. The van der Waals surface area contributed by atoms with Crippen molar-refractivity contribution in [2.75, 3.05) is 6.54 Å². The number of nitrogens with zero attached hydrogens (tertiary/aromatic N) is 1. The van der Waals surface area contributed by atoms with Crippen molar-refractivity contribution in [3.8, 4) is 0 Å². The molecule has 0 radical (unpaired) electrons. The van der Waals surface area contributed by atoms with Gasteiger partial charge in [0, 0.05) is 0 Å². The van der Waals surface area contributed by atoms with Crippen LogP contribution < -0.4 is 5.73 Å². The SMILES string of the molecule is CC(O)C(N)CN=O. The van der Waals surface area contributed by atoms with Gasteiger partial charge in [-0.25, -0.2) is 0 Å². The molecule has 0 bridgehead atoms. The van der Waals surface area contributed by atoms with Crippen LogP contribution in [-0.2, 0) is 0 Å². The van der Waals surface area contributed by atoms with E-state index in [0.29, 0.717) is 0 Å². The molecule has 8 heavy (non-hydrogen) atoms. The Kier molecular flexibility index (Phi) is 3.30. The molecule has 0 heterocycles. The van der Waals surface area contributed by atoms with Gasteiger partial charge in [0.15, 0.2) is 0 Å². The topological polar surface area (TPSA) is 75.7 Å². The Morgan fingerprint density at radius 3 is 2.50 bits per heavy atom. The van der Waals surface area contributed by atoms with Gasteiger partial charge in [0.25, 0.3) is 0 Å². The monoisotopic (exact) mass is 118 g/mol. The average Bonchev–Trinajstić information content (AvgIpc) is 1.67. The van der Waals surface area contributed by atoms with Crippen molar-refractivity contribution in [1.82, 2.24) is 0 Å². The second-order valence-electron chi connectivity index (χ2n) is 1.72. The first-order valence-electron chi connectivity index (χ1n) is 2.41. The quantitative estimate of drug-likeness (QED) is 0.489. The molecule has 0 saturated carbocycles. The van der Waals surface area contributed by atoms with Crippen LogP contribution in [0.15, 0.2) is 5.18 Å². The van der Waals surface area contributed by atoms with E-state index in [1.165, 1.54) is 6.92 Å². The molecule has 0 aromatic rings. The number of nitrogens with two attached hydrogens (primary N) is 1. The Hall–Kier alpha value is -0.480. The van der Waals surface area contributed by atoms with Gasteiger partial charge >= 0.3 is 0 Å². The highest BCUT2D eigenvalue weighted by atomic mass is 16.3. The summed E-state index contributed by atoms with van der Waals surface area (Å²) in [6.07, 6.45) is -0.646. The second kappa shape index (κ2) is 3.51. The fraction of sp³-hybridized carbons (Fsp3) is 1.00. The number of aliphatic hydroxyl groups excluding tert-OH is 1. The molecule has 0 aliphatic heterocycles. The lowest BCUT2D eigenvalue weighted by Crippen LogP contribution is -2.34. The van der Waals surface area contributed by atoms with Crippen molar-refractivity contribution in [3.05, 3.63) is 4.91 Å². The zero-order chi connectivity index (χ0) is 6.57. The Morgan fingerprint density at radius 2 is 2.38 bits per heavy atom. The van der Waals surface area contributed by atoms with E-state index in [4.69, 9.17) is 10.8 Å². The summed E-state index contributed by atoms with van der Waals surface area (Å²) in [5, 5.41) is 11.1. The zero-order valence-corrected chi connectivity index (χ0v) is 4.74. The standard InChI is InChI=1S/C4H10N2O2/c1-3(7)4(5)2-6-8/h3-4,7H,2,5H2,1H3. The lowest BCUT2D eigenvalue weighted by atomic mass is 10.2. The van der Waals surface area contributed by atoms with E-state index in [1.807, 2.05) is 0 Å².